The van der Waals surface area contributed by atoms with Gasteiger partial charge in [-0.2, -0.15) is 0 Å². The maximum atomic E-state index is 12.4. The van der Waals surface area contributed by atoms with E-state index in [2.05, 4.69) is 22.5 Å². The summed E-state index contributed by atoms with van der Waals surface area (Å²) in [5.41, 5.74) is 1.87. The lowest BCUT2D eigenvalue weighted by atomic mass is 9.92. The molecule has 1 fully saturated rings. The van der Waals surface area contributed by atoms with E-state index in [9.17, 15) is 4.79 Å². The Morgan fingerprint density at radius 3 is 3.14 bits per heavy atom. The van der Waals surface area contributed by atoms with Crippen LogP contribution in [0, 0.1) is 5.92 Å². The highest BCUT2D eigenvalue weighted by atomic mass is 32.2. The first-order valence-corrected chi connectivity index (χ1v) is 9.18. The van der Waals surface area contributed by atoms with Crippen LogP contribution in [-0.2, 0) is 4.79 Å². The first-order chi connectivity index (χ1) is 10.2. The smallest absolute Gasteiger partial charge is 0.227 e. The number of carbonyl (C=O) groups excluding carboxylic acids is 1. The molecular weight excluding hydrogens is 302 g/mol. The maximum Gasteiger partial charge on any atom is 0.227 e. The van der Waals surface area contributed by atoms with Crippen LogP contribution in [-0.4, -0.2) is 29.7 Å². The molecule has 2 N–H and O–H groups in total. The third-order valence-electron chi connectivity index (χ3n) is 3.81. The molecule has 0 radical (unpaired) electrons. The van der Waals surface area contributed by atoms with Crippen LogP contribution in [0.4, 0.5) is 5.69 Å². The molecule has 21 heavy (non-hydrogen) atoms. The van der Waals surface area contributed by atoms with Crippen LogP contribution in [0.1, 0.15) is 19.8 Å². The van der Waals surface area contributed by atoms with Gasteiger partial charge in [0.15, 0.2) is 4.34 Å². The number of benzene rings is 1. The van der Waals surface area contributed by atoms with E-state index in [4.69, 9.17) is 0 Å². The number of thioether (sulfide) groups is 1. The Hall–Kier alpha value is -1.11. The number of nitrogens with zero attached hydrogens (tertiary/aromatic N) is 1. The minimum Gasteiger partial charge on any atom is -0.326 e. The largest absolute Gasteiger partial charge is 0.326 e. The van der Waals surface area contributed by atoms with Gasteiger partial charge in [0.05, 0.1) is 10.2 Å². The quantitative estimate of drug-likeness (QED) is 0.851. The summed E-state index contributed by atoms with van der Waals surface area (Å²) in [5, 5.41) is 6.43. The second kappa shape index (κ2) is 6.34. The van der Waals surface area contributed by atoms with E-state index in [0.717, 1.165) is 39.6 Å². The number of thiazole rings is 1. The van der Waals surface area contributed by atoms with Crippen molar-refractivity contribution >= 4 is 44.9 Å². The first-order valence-electron chi connectivity index (χ1n) is 7.14. The van der Waals surface area contributed by atoms with Gasteiger partial charge in [-0.05, 0) is 50.8 Å². The van der Waals surface area contributed by atoms with Crippen molar-refractivity contribution in [2.24, 2.45) is 5.92 Å². The zero-order valence-corrected chi connectivity index (χ0v) is 13.8. The van der Waals surface area contributed by atoms with E-state index in [1.807, 2.05) is 24.5 Å². The number of hydrogen-bond acceptors (Lipinski definition) is 5. The van der Waals surface area contributed by atoms with Crippen LogP contribution < -0.4 is 10.6 Å². The van der Waals surface area contributed by atoms with E-state index in [-0.39, 0.29) is 11.8 Å². The van der Waals surface area contributed by atoms with Crippen molar-refractivity contribution in [2.75, 3.05) is 18.1 Å². The summed E-state index contributed by atoms with van der Waals surface area (Å²) >= 11 is 3.32. The Labute approximate surface area is 132 Å². The predicted octanol–water partition coefficient (Wildman–Crippen LogP) is 3.34. The van der Waals surface area contributed by atoms with Crippen LogP contribution in [0.5, 0.6) is 0 Å². The predicted molar refractivity (Wildman–Crippen MR) is 90.2 cm³/mol. The SMILES string of the molecule is CSc1nc2ccc(NC(=O)C3CCNC(C)C3)cc2s1. The molecule has 112 valence electrons. The van der Waals surface area contributed by atoms with Crippen molar-refractivity contribution in [1.29, 1.82) is 0 Å². The van der Waals surface area contributed by atoms with Gasteiger partial charge in [-0.3, -0.25) is 4.79 Å². The fraction of sp³-hybridized carbons (Fsp3) is 0.467. The number of amides is 1. The Morgan fingerprint density at radius 2 is 2.38 bits per heavy atom. The van der Waals surface area contributed by atoms with Crippen LogP contribution in [0.2, 0.25) is 0 Å². The van der Waals surface area contributed by atoms with Crippen molar-refractivity contribution < 1.29 is 4.79 Å². The molecule has 2 heterocycles. The zero-order chi connectivity index (χ0) is 14.8. The third kappa shape index (κ3) is 3.39. The van der Waals surface area contributed by atoms with Crippen LogP contribution in [0.25, 0.3) is 10.2 Å². The standard InChI is InChI=1S/C15H19N3OS2/c1-9-7-10(5-6-16-9)14(19)17-11-3-4-12-13(8-11)21-15(18-12)20-2/h3-4,8-10,16H,5-7H2,1-2H3,(H,17,19). The van der Waals surface area contributed by atoms with Crippen LogP contribution >= 0.6 is 23.1 Å². The number of hydrogen-bond donors (Lipinski definition) is 2. The van der Waals surface area contributed by atoms with Crippen LogP contribution in [0.15, 0.2) is 22.5 Å². The number of aromatic nitrogens is 1. The average Bonchev–Trinajstić information content (AvgIpc) is 2.89. The Kier molecular flexibility index (Phi) is 4.47. The average molecular weight is 321 g/mol. The van der Waals surface area contributed by atoms with Gasteiger partial charge in [0.1, 0.15) is 0 Å². The molecule has 2 atom stereocenters. The van der Waals surface area contributed by atoms with Crippen molar-refractivity contribution in [2.45, 2.75) is 30.1 Å². The summed E-state index contributed by atoms with van der Waals surface area (Å²) in [4.78, 5) is 16.9. The molecule has 1 aliphatic rings. The lowest BCUT2D eigenvalue weighted by Gasteiger charge is -2.27. The highest BCUT2D eigenvalue weighted by molar-refractivity contribution is 8.00. The summed E-state index contributed by atoms with van der Waals surface area (Å²) in [6.07, 6.45) is 3.85. The topological polar surface area (TPSA) is 54.0 Å². The van der Waals surface area contributed by atoms with E-state index >= 15 is 0 Å². The summed E-state index contributed by atoms with van der Waals surface area (Å²) in [7, 11) is 0. The molecule has 1 aromatic heterocycles. The van der Waals surface area contributed by atoms with E-state index in [1.54, 1.807) is 23.1 Å². The van der Waals surface area contributed by atoms with Gasteiger partial charge < -0.3 is 10.6 Å². The molecule has 0 aliphatic carbocycles. The zero-order valence-electron chi connectivity index (χ0n) is 12.2. The molecular formula is C15H19N3OS2. The van der Waals surface area contributed by atoms with Gasteiger partial charge in [0.2, 0.25) is 5.91 Å². The fourth-order valence-electron chi connectivity index (χ4n) is 2.68. The van der Waals surface area contributed by atoms with Gasteiger partial charge in [0, 0.05) is 17.6 Å². The molecule has 1 amide bonds. The van der Waals surface area contributed by atoms with Gasteiger partial charge in [-0.25, -0.2) is 4.98 Å². The molecule has 0 spiro atoms. The summed E-state index contributed by atoms with van der Waals surface area (Å²) < 4.78 is 2.18. The van der Waals surface area contributed by atoms with E-state index in [0.29, 0.717) is 6.04 Å². The van der Waals surface area contributed by atoms with E-state index in [1.165, 1.54) is 0 Å². The maximum absolute atomic E-state index is 12.4. The molecule has 0 bridgehead atoms. The van der Waals surface area contributed by atoms with E-state index < -0.39 is 0 Å². The molecule has 1 aliphatic heterocycles. The van der Waals surface area contributed by atoms with Gasteiger partial charge in [-0.15, -0.1) is 11.3 Å². The molecule has 0 saturated carbocycles. The lowest BCUT2D eigenvalue weighted by molar-refractivity contribution is -0.120. The highest BCUT2D eigenvalue weighted by Crippen LogP contribution is 2.30. The number of piperidine rings is 1. The summed E-state index contributed by atoms with van der Waals surface area (Å²) in [6.45, 7) is 3.05. The Morgan fingerprint density at radius 1 is 1.52 bits per heavy atom. The fourth-order valence-corrected chi connectivity index (χ4v) is 4.21. The minimum atomic E-state index is 0.111. The Balaban J connectivity index is 1.73. The van der Waals surface area contributed by atoms with Crippen molar-refractivity contribution in [3.8, 4) is 0 Å². The lowest BCUT2D eigenvalue weighted by Crippen LogP contribution is -2.40. The number of nitrogens with one attached hydrogen (secondary N) is 2. The molecule has 3 rings (SSSR count). The van der Waals surface area contributed by atoms with Crippen molar-refractivity contribution in [1.82, 2.24) is 10.3 Å². The van der Waals surface area contributed by atoms with Gasteiger partial charge in [0.25, 0.3) is 0 Å². The van der Waals surface area contributed by atoms with Gasteiger partial charge in [-0.1, -0.05) is 11.8 Å². The van der Waals surface area contributed by atoms with Crippen LogP contribution in [0.3, 0.4) is 0 Å². The molecule has 1 saturated heterocycles. The number of carbonyl (C=O) groups is 1. The normalized spacial score (nSPS) is 22.4. The number of anilines is 1. The molecule has 4 nitrogen and oxygen atoms in total. The molecule has 2 unspecified atom stereocenters. The van der Waals surface area contributed by atoms with Gasteiger partial charge >= 0.3 is 0 Å². The second-order valence-electron chi connectivity index (χ2n) is 5.43. The minimum absolute atomic E-state index is 0.111. The summed E-state index contributed by atoms with van der Waals surface area (Å²) in [5.74, 6) is 0.248. The third-order valence-corrected chi connectivity index (χ3v) is 5.81. The Bertz CT molecular complexity index is 655. The molecule has 6 heteroatoms. The number of fused-ring (bicyclic) bond motifs is 1. The molecule has 1 aromatic carbocycles. The second-order valence-corrected chi connectivity index (χ2v) is 7.52. The molecule has 2 aromatic rings. The highest BCUT2D eigenvalue weighted by Gasteiger charge is 2.24. The number of rotatable bonds is 3. The monoisotopic (exact) mass is 321 g/mol. The summed E-state index contributed by atoms with van der Waals surface area (Å²) in [6, 6.07) is 6.36. The van der Waals surface area contributed by atoms with Crippen molar-refractivity contribution in [3.05, 3.63) is 18.2 Å². The first kappa shape index (κ1) is 14.8. The van der Waals surface area contributed by atoms with Crippen molar-refractivity contribution in [3.63, 3.8) is 0 Å².